The van der Waals surface area contributed by atoms with E-state index in [0.717, 1.165) is 5.69 Å². The summed E-state index contributed by atoms with van der Waals surface area (Å²) in [7, 11) is 1.60. The van der Waals surface area contributed by atoms with Gasteiger partial charge in [0.15, 0.2) is 0 Å². The van der Waals surface area contributed by atoms with Gasteiger partial charge >= 0.3 is 5.97 Å². The number of amides is 2. The van der Waals surface area contributed by atoms with E-state index in [1.54, 1.807) is 13.1 Å². The van der Waals surface area contributed by atoms with Crippen LogP contribution in [0, 0.1) is 0 Å². The maximum atomic E-state index is 12.0. The van der Waals surface area contributed by atoms with Crippen LogP contribution in [-0.2, 0) is 23.1 Å². The monoisotopic (exact) mass is 282 g/mol. The lowest BCUT2D eigenvalue weighted by Gasteiger charge is -2.13. The summed E-state index contributed by atoms with van der Waals surface area (Å²) in [6, 6.07) is 0.442. The number of carboxylic acids is 1. The third kappa shape index (κ3) is 4.08. The average Bonchev–Trinajstić information content (AvgIpc) is 2.75. The molecule has 0 bridgehead atoms. The highest BCUT2D eigenvalue weighted by atomic mass is 16.4. The number of carboxylic acid groups (broad SMARTS) is 1. The average molecular weight is 282 g/mol. The van der Waals surface area contributed by atoms with Gasteiger partial charge in [0.05, 0.1) is 5.69 Å². The summed E-state index contributed by atoms with van der Waals surface area (Å²) in [5.74, 6) is -2.37. The number of hydrogen-bond acceptors (Lipinski definition) is 4. The highest BCUT2D eigenvalue weighted by molar-refractivity contribution is 5.95. The van der Waals surface area contributed by atoms with Gasteiger partial charge < -0.3 is 16.2 Å². The fraction of sp³-hybridized carbons (Fsp3) is 0.500. The molecule has 0 aliphatic rings. The van der Waals surface area contributed by atoms with Crippen molar-refractivity contribution >= 4 is 17.8 Å². The number of carbonyl (C=O) groups excluding carboxylic acids is 2. The highest BCUT2D eigenvalue weighted by Gasteiger charge is 2.23. The zero-order chi connectivity index (χ0) is 15.3. The van der Waals surface area contributed by atoms with Crippen LogP contribution in [0.3, 0.4) is 0 Å². The Morgan fingerprint density at radius 3 is 2.60 bits per heavy atom. The van der Waals surface area contributed by atoms with Crippen molar-refractivity contribution in [2.75, 3.05) is 0 Å². The maximum Gasteiger partial charge on any atom is 0.326 e. The molecule has 1 rings (SSSR count). The third-order valence-electron chi connectivity index (χ3n) is 2.81. The van der Waals surface area contributed by atoms with Gasteiger partial charge in [-0.25, -0.2) is 4.79 Å². The molecule has 4 N–H and O–H groups in total. The Bertz CT molecular complexity index is 524. The molecule has 20 heavy (non-hydrogen) atoms. The lowest BCUT2D eigenvalue weighted by Crippen LogP contribution is -2.42. The summed E-state index contributed by atoms with van der Waals surface area (Å²) >= 11 is 0. The van der Waals surface area contributed by atoms with Crippen LogP contribution in [0.4, 0.5) is 0 Å². The number of nitrogens with two attached hydrogens (primary N) is 1. The summed E-state index contributed by atoms with van der Waals surface area (Å²) in [4.78, 5) is 33.7. The number of rotatable bonds is 7. The first-order valence-corrected chi connectivity index (χ1v) is 6.20. The Morgan fingerprint density at radius 1 is 1.50 bits per heavy atom. The van der Waals surface area contributed by atoms with Crippen LogP contribution in [0.15, 0.2) is 6.07 Å². The molecule has 2 amide bonds. The molecule has 1 aromatic heterocycles. The van der Waals surface area contributed by atoms with Crippen molar-refractivity contribution in [2.24, 2.45) is 12.8 Å². The van der Waals surface area contributed by atoms with Gasteiger partial charge in [0.1, 0.15) is 11.7 Å². The van der Waals surface area contributed by atoms with Gasteiger partial charge in [-0.3, -0.25) is 14.3 Å². The molecule has 8 heteroatoms. The maximum absolute atomic E-state index is 12.0. The van der Waals surface area contributed by atoms with Gasteiger partial charge in [-0.15, -0.1) is 0 Å². The van der Waals surface area contributed by atoms with Crippen LogP contribution >= 0.6 is 0 Å². The van der Waals surface area contributed by atoms with Gasteiger partial charge in [0, 0.05) is 13.5 Å². The van der Waals surface area contributed by atoms with E-state index in [1.165, 1.54) is 4.68 Å². The van der Waals surface area contributed by atoms with E-state index in [-0.39, 0.29) is 18.5 Å². The van der Waals surface area contributed by atoms with Crippen molar-refractivity contribution in [1.29, 1.82) is 0 Å². The van der Waals surface area contributed by atoms with E-state index in [2.05, 4.69) is 10.4 Å². The number of carbonyl (C=O) groups is 3. The van der Waals surface area contributed by atoms with E-state index < -0.39 is 23.8 Å². The molecule has 0 saturated heterocycles. The SMILES string of the molecule is CCc1cc(C(=O)N[C@@H](CCC(N)=O)C(=O)O)n(C)n1. The van der Waals surface area contributed by atoms with Crippen molar-refractivity contribution in [3.8, 4) is 0 Å². The van der Waals surface area contributed by atoms with Gasteiger partial charge in [0.25, 0.3) is 5.91 Å². The quantitative estimate of drug-likeness (QED) is 0.617. The van der Waals surface area contributed by atoms with Crippen molar-refractivity contribution in [3.05, 3.63) is 17.5 Å². The zero-order valence-electron chi connectivity index (χ0n) is 11.4. The standard InChI is InChI=1S/C12H18N4O4/c1-3-7-6-9(16(2)15-7)11(18)14-8(12(19)20)4-5-10(13)17/h6,8H,3-5H2,1-2H3,(H2,13,17)(H,14,18)(H,19,20)/t8-/m0/s1. The second kappa shape index (κ2) is 6.69. The Labute approximate surface area is 115 Å². The number of primary amides is 1. The third-order valence-corrected chi connectivity index (χ3v) is 2.81. The van der Waals surface area contributed by atoms with Crippen LogP contribution in [0.1, 0.15) is 35.9 Å². The molecule has 0 unspecified atom stereocenters. The number of aryl methyl sites for hydroxylation is 2. The summed E-state index contributed by atoms with van der Waals surface area (Å²) in [5, 5.41) is 15.5. The summed E-state index contributed by atoms with van der Waals surface area (Å²) in [6.45, 7) is 1.90. The molecule has 0 aromatic carbocycles. The zero-order valence-corrected chi connectivity index (χ0v) is 11.4. The molecule has 0 radical (unpaired) electrons. The van der Waals surface area contributed by atoms with Crippen molar-refractivity contribution in [2.45, 2.75) is 32.2 Å². The van der Waals surface area contributed by atoms with Crippen LogP contribution in [0.2, 0.25) is 0 Å². The Hall–Kier alpha value is -2.38. The highest BCUT2D eigenvalue weighted by Crippen LogP contribution is 2.05. The minimum absolute atomic E-state index is 0.0467. The van der Waals surface area contributed by atoms with Crippen molar-refractivity contribution in [1.82, 2.24) is 15.1 Å². The Kier molecular flexibility index (Phi) is 5.24. The fourth-order valence-corrected chi connectivity index (χ4v) is 1.69. The lowest BCUT2D eigenvalue weighted by molar-refractivity contribution is -0.139. The van der Waals surface area contributed by atoms with Crippen LogP contribution < -0.4 is 11.1 Å². The van der Waals surface area contributed by atoms with Gasteiger partial charge in [0.2, 0.25) is 5.91 Å². The van der Waals surface area contributed by atoms with E-state index >= 15 is 0 Å². The minimum Gasteiger partial charge on any atom is -0.480 e. The first-order valence-electron chi connectivity index (χ1n) is 6.20. The Morgan fingerprint density at radius 2 is 2.15 bits per heavy atom. The molecule has 0 aliphatic heterocycles. The molecular formula is C12H18N4O4. The molecule has 0 saturated carbocycles. The van der Waals surface area contributed by atoms with Crippen molar-refractivity contribution < 1.29 is 19.5 Å². The lowest BCUT2D eigenvalue weighted by atomic mass is 10.1. The molecule has 0 fully saturated rings. The second-order valence-corrected chi connectivity index (χ2v) is 4.37. The molecule has 0 spiro atoms. The molecule has 1 heterocycles. The number of aromatic nitrogens is 2. The number of nitrogens with one attached hydrogen (secondary N) is 1. The molecule has 110 valence electrons. The first kappa shape index (κ1) is 15.7. The van der Waals surface area contributed by atoms with Crippen LogP contribution in [0.25, 0.3) is 0 Å². The topological polar surface area (TPSA) is 127 Å². The van der Waals surface area contributed by atoms with Crippen LogP contribution in [0.5, 0.6) is 0 Å². The number of hydrogen-bond donors (Lipinski definition) is 3. The second-order valence-electron chi connectivity index (χ2n) is 4.37. The molecular weight excluding hydrogens is 264 g/mol. The molecule has 0 aliphatic carbocycles. The predicted molar refractivity (Wildman–Crippen MR) is 69.9 cm³/mol. The van der Waals surface area contributed by atoms with Gasteiger partial charge in [-0.05, 0) is 18.9 Å². The number of aliphatic carboxylic acids is 1. The van der Waals surface area contributed by atoms with Crippen molar-refractivity contribution in [3.63, 3.8) is 0 Å². The normalized spacial score (nSPS) is 11.9. The summed E-state index contributed by atoms with van der Waals surface area (Å²) in [6.07, 6.45) is 0.517. The minimum atomic E-state index is -1.21. The van der Waals surface area contributed by atoms with E-state index in [9.17, 15) is 14.4 Å². The van der Waals surface area contributed by atoms with E-state index in [4.69, 9.17) is 10.8 Å². The summed E-state index contributed by atoms with van der Waals surface area (Å²) in [5.41, 5.74) is 5.98. The van der Waals surface area contributed by atoms with Gasteiger partial charge in [-0.2, -0.15) is 5.10 Å². The molecule has 8 nitrogen and oxygen atoms in total. The largest absolute Gasteiger partial charge is 0.480 e. The fourth-order valence-electron chi connectivity index (χ4n) is 1.69. The van der Waals surface area contributed by atoms with E-state index in [1.807, 2.05) is 6.92 Å². The van der Waals surface area contributed by atoms with Crippen LogP contribution in [-0.4, -0.2) is 38.7 Å². The first-order chi connectivity index (χ1) is 9.35. The van der Waals surface area contributed by atoms with E-state index in [0.29, 0.717) is 6.42 Å². The summed E-state index contributed by atoms with van der Waals surface area (Å²) < 4.78 is 1.39. The van der Waals surface area contributed by atoms with Gasteiger partial charge in [-0.1, -0.05) is 6.92 Å². The predicted octanol–water partition coefficient (Wildman–Crippen LogP) is -0.569. The smallest absolute Gasteiger partial charge is 0.326 e. The number of nitrogens with zero attached hydrogens (tertiary/aromatic N) is 2. The molecule has 1 atom stereocenters. The Balaban J connectivity index is 2.77. The molecule has 1 aromatic rings.